The molecule has 0 spiro atoms. The second-order valence-corrected chi connectivity index (χ2v) is 9.18. The zero-order chi connectivity index (χ0) is 24.9. The third kappa shape index (κ3) is 5.22. The van der Waals surface area contributed by atoms with Crippen LogP contribution in [0.15, 0.2) is 133 Å². The summed E-state index contributed by atoms with van der Waals surface area (Å²) in [6, 6.07) is 46.9. The Morgan fingerprint density at radius 2 is 1.00 bits per heavy atom. The van der Waals surface area contributed by atoms with E-state index < -0.39 is 0 Å². The second kappa shape index (κ2) is 10.4. The van der Waals surface area contributed by atoms with Gasteiger partial charge in [0, 0.05) is 16.8 Å². The fourth-order valence-electron chi connectivity index (χ4n) is 4.68. The zero-order valence-electron chi connectivity index (χ0n) is 20.5. The molecule has 6 aromatic rings. The highest BCUT2D eigenvalue weighted by Crippen LogP contribution is 2.31. The highest BCUT2D eigenvalue weighted by molar-refractivity contribution is 6.01. The molecule has 0 bridgehead atoms. The summed E-state index contributed by atoms with van der Waals surface area (Å²) in [6.45, 7) is 0. The highest BCUT2D eigenvalue weighted by atomic mass is 14.9. The van der Waals surface area contributed by atoms with Gasteiger partial charge in [0.05, 0.1) is 0 Å². The lowest BCUT2D eigenvalue weighted by Gasteiger charge is -2.13. The molecular weight excluding hydrogens is 446 g/mol. The molecule has 37 heavy (non-hydrogen) atoms. The normalized spacial score (nSPS) is 11.6. The maximum Gasteiger partial charge on any atom is 0.0464 e. The van der Waals surface area contributed by atoms with Gasteiger partial charge in [-0.2, -0.15) is 0 Å². The third-order valence-corrected chi connectivity index (χ3v) is 6.62. The Morgan fingerprint density at radius 1 is 0.405 bits per heavy atom. The van der Waals surface area contributed by atoms with Crippen LogP contribution in [0.4, 0.5) is 11.4 Å². The molecule has 0 aromatic heterocycles. The van der Waals surface area contributed by atoms with Crippen molar-refractivity contribution in [1.82, 2.24) is 0 Å². The summed E-state index contributed by atoms with van der Waals surface area (Å²) in [5.74, 6) is 0. The van der Waals surface area contributed by atoms with Gasteiger partial charge in [-0.3, -0.25) is 0 Å². The van der Waals surface area contributed by atoms with Crippen molar-refractivity contribution in [3.8, 4) is 0 Å². The molecule has 0 saturated carbocycles. The van der Waals surface area contributed by atoms with Crippen molar-refractivity contribution in [3.63, 3.8) is 0 Å². The minimum absolute atomic E-state index is 1.08. The lowest BCUT2D eigenvalue weighted by atomic mass is 10.0. The molecule has 1 N–H and O–H groups in total. The number of rotatable bonds is 6. The van der Waals surface area contributed by atoms with E-state index in [0.29, 0.717) is 0 Å². The Labute approximate surface area is 218 Å². The average Bonchev–Trinajstić information content (AvgIpc) is 2.97. The van der Waals surface area contributed by atoms with E-state index in [1.54, 1.807) is 0 Å². The Bertz CT molecular complexity index is 1730. The molecule has 176 valence electrons. The molecule has 0 amide bonds. The second-order valence-electron chi connectivity index (χ2n) is 9.18. The number of fused-ring (bicyclic) bond motifs is 2. The van der Waals surface area contributed by atoms with Crippen molar-refractivity contribution >= 4 is 57.2 Å². The standard InChI is InChI=1S/C36H27N/c1-3-9-27(10-4-1)15-16-29-18-20-32-26-33(23-21-31(32)25-29)37-36-24-22-30(34-13-7-8-14-35(34)36)19-17-28-11-5-2-6-12-28/h1-26,37H/b16-15+,19-17+. The van der Waals surface area contributed by atoms with Gasteiger partial charge in [-0.25, -0.2) is 0 Å². The van der Waals surface area contributed by atoms with Crippen molar-refractivity contribution in [2.24, 2.45) is 0 Å². The molecule has 0 radical (unpaired) electrons. The molecule has 0 saturated heterocycles. The van der Waals surface area contributed by atoms with E-state index in [-0.39, 0.29) is 0 Å². The average molecular weight is 474 g/mol. The molecule has 6 rings (SSSR count). The van der Waals surface area contributed by atoms with Crippen LogP contribution in [-0.4, -0.2) is 0 Å². The van der Waals surface area contributed by atoms with Crippen molar-refractivity contribution < 1.29 is 0 Å². The van der Waals surface area contributed by atoms with Gasteiger partial charge in [-0.05, 0) is 62.7 Å². The minimum Gasteiger partial charge on any atom is -0.355 e. The molecular formula is C36H27N. The monoisotopic (exact) mass is 473 g/mol. The maximum absolute atomic E-state index is 3.66. The SMILES string of the molecule is C(=C\c1ccc2cc(Nc3ccc(/C=C/c4ccccc4)c4ccccc34)ccc2c1)/c1ccccc1. The van der Waals surface area contributed by atoms with Crippen molar-refractivity contribution in [2.45, 2.75) is 0 Å². The fraction of sp³-hybridized carbons (Fsp3) is 0. The first kappa shape index (κ1) is 22.6. The molecule has 1 nitrogen and oxygen atoms in total. The first-order valence-electron chi connectivity index (χ1n) is 12.6. The highest BCUT2D eigenvalue weighted by Gasteiger charge is 2.06. The van der Waals surface area contributed by atoms with E-state index in [4.69, 9.17) is 0 Å². The van der Waals surface area contributed by atoms with E-state index in [2.05, 4.69) is 151 Å². The van der Waals surface area contributed by atoms with Gasteiger partial charge >= 0.3 is 0 Å². The number of anilines is 2. The summed E-state index contributed by atoms with van der Waals surface area (Å²) in [6.07, 6.45) is 8.69. The summed E-state index contributed by atoms with van der Waals surface area (Å²) in [5.41, 5.74) is 6.99. The lowest BCUT2D eigenvalue weighted by Crippen LogP contribution is -1.93. The molecule has 0 aliphatic carbocycles. The van der Waals surface area contributed by atoms with Crippen LogP contribution >= 0.6 is 0 Å². The molecule has 0 aliphatic rings. The van der Waals surface area contributed by atoms with Crippen molar-refractivity contribution in [3.05, 3.63) is 156 Å². The fourth-order valence-corrected chi connectivity index (χ4v) is 4.68. The summed E-state index contributed by atoms with van der Waals surface area (Å²) >= 11 is 0. The molecule has 0 atom stereocenters. The summed E-state index contributed by atoms with van der Waals surface area (Å²) in [4.78, 5) is 0. The Balaban J connectivity index is 1.26. The summed E-state index contributed by atoms with van der Waals surface area (Å²) in [7, 11) is 0. The maximum atomic E-state index is 3.66. The Hall–Kier alpha value is -4.88. The predicted octanol–water partition coefficient (Wildman–Crippen LogP) is 10.1. The molecule has 0 unspecified atom stereocenters. The quantitative estimate of drug-likeness (QED) is 0.237. The molecule has 0 fully saturated rings. The predicted molar refractivity (Wildman–Crippen MR) is 162 cm³/mol. The number of nitrogens with one attached hydrogen (secondary N) is 1. The van der Waals surface area contributed by atoms with E-state index in [1.165, 1.54) is 43.8 Å². The molecule has 0 heterocycles. The topological polar surface area (TPSA) is 12.0 Å². The van der Waals surface area contributed by atoms with Crippen LogP contribution in [0.3, 0.4) is 0 Å². The van der Waals surface area contributed by atoms with Crippen molar-refractivity contribution in [2.75, 3.05) is 5.32 Å². The van der Waals surface area contributed by atoms with Gasteiger partial charge in [-0.15, -0.1) is 0 Å². The largest absolute Gasteiger partial charge is 0.355 e. The zero-order valence-corrected chi connectivity index (χ0v) is 20.5. The minimum atomic E-state index is 1.08. The molecule has 1 heteroatoms. The van der Waals surface area contributed by atoms with Gasteiger partial charge in [0.2, 0.25) is 0 Å². The van der Waals surface area contributed by atoms with Crippen LogP contribution < -0.4 is 5.32 Å². The number of hydrogen-bond acceptors (Lipinski definition) is 1. The molecule has 0 aliphatic heterocycles. The summed E-state index contributed by atoms with van der Waals surface area (Å²) in [5, 5.41) is 8.55. The molecule has 6 aromatic carbocycles. The van der Waals surface area contributed by atoms with Gasteiger partial charge in [0.25, 0.3) is 0 Å². The Morgan fingerprint density at radius 3 is 1.76 bits per heavy atom. The van der Waals surface area contributed by atoms with Gasteiger partial charge in [0.15, 0.2) is 0 Å². The third-order valence-electron chi connectivity index (χ3n) is 6.62. The van der Waals surface area contributed by atoms with Crippen LogP contribution in [0.25, 0.3) is 45.8 Å². The smallest absolute Gasteiger partial charge is 0.0464 e. The van der Waals surface area contributed by atoms with E-state index in [0.717, 1.165) is 11.4 Å². The van der Waals surface area contributed by atoms with Crippen LogP contribution in [0, 0.1) is 0 Å². The van der Waals surface area contributed by atoms with E-state index in [1.807, 2.05) is 12.1 Å². The number of benzene rings is 6. The van der Waals surface area contributed by atoms with Crippen LogP contribution in [0.2, 0.25) is 0 Å². The van der Waals surface area contributed by atoms with E-state index in [9.17, 15) is 0 Å². The number of hydrogen-bond donors (Lipinski definition) is 1. The van der Waals surface area contributed by atoms with Gasteiger partial charge in [0.1, 0.15) is 0 Å². The van der Waals surface area contributed by atoms with Gasteiger partial charge in [-0.1, -0.05) is 133 Å². The first-order chi connectivity index (χ1) is 18.3. The van der Waals surface area contributed by atoms with Crippen LogP contribution in [0.5, 0.6) is 0 Å². The lowest BCUT2D eigenvalue weighted by molar-refractivity contribution is 1.59. The van der Waals surface area contributed by atoms with Gasteiger partial charge < -0.3 is 5.32 Å². The van der Waals surface area contributed by atoms with Crippen molar-refractivity contribution in [1.29, 1.82) is 0 Å². The summed E-state index contributed by atoms with van der Waals surface area (Å²) < 4.78 is 0. The van der Waals surface area contributed by atoms with E-state index >= 15 is 0 Å². The Kier molecular flexibility index (Phi) is 6.34. The van der Waals surface area contributed by atoms with Crippen LogP contribution in [0.1, 0.15) is 22.3 Å². The first-order valence-corrected chi connectivity index (χ1v) is 12.6. The van der Waals surface area contributed by atoms with Crippen LogP contribution in [-0.2, 0) is 0 Å².